The first-order chi connectivity index (χ1) is 17.6. The van der Waals surface area contributed by atoms with Gasteiger partial charge in [0, 0.05) is 56.1 Å². The third-order valence-electron chi connectivity index (χ3n) is 7.05. The molecule has 0 unspecified atom stereocenters. The molecule has 0 radical (unpaired) electrons. The van der Waals surface area contributed by atoms with Crippen LogP contribution in [0.25, 0.3) is 11.1 Å². The Labute approximate surface area is 215 Å². The van der Waals surface area contributed by atoms with Gasteiger partial charge in [0.15, 0.2) is 0 Å². The lowest BCUT2D eigenvalue weighted by molar-refractivity contribution is -0.143. The van der Waals surface area contributed by atoms with Crippen LogP contribution in [0.2, 0.25) is 0 Å². The second-order valence-electron chi connectivity index (χ2n) is 10.2. The van der Waals surface area contributed by atoms with Crippen LogP contribution in [0, 0.1) is 12.8 Å². The second kappa shape index (κ2) is 11.7. The van der Waals surface area contributed by atoms with Crippen molar-refractivity contribution in [1.82, 2.24) is 9.88 Å². The van der Waals surface area contributed by atoms with E-state index in [1.54, 1.807) is 6.07 Å². The Balaban J connectivity index is 1.55. The van der Waals surface area contributed by atoms with E-state index < -0.39 is 24.5 Å². The molecule has 0 spiro atoms. The Morgan fingerprint density at radius 2 is 1.97 bits per heavy atom. The molecule has 37 heavy (non-hydrogen) atoms. The highest BCUT2D eigenvalue weighted by Crippen LogP contribution is 2.34. The standard InChI is InChI=1S/C27H35F3N4O3/c1-17-3-4-22(32-26(36)34-8-5-19(15-34)14-27(28,29)30)13-23(17)21-11-24(20-6-9-37-10-7-20)33-25(12-21)31-18(2)16-35/h3-4,11-13,18-20,35H,5-10,14-16H2,1-2H3,(H,31,33)(H,32,36)/t18-,19+/m1/s1. The molecule has 2 aliphatic rings. The van der Waals surface area contributed by atoms with E-state index in [4.69, 9.17) is 9.72 Å². The van der Waals surface area contributed by atoms with E-state index in [-0.39, 0.29) is 25.1 Å². The third-order valence-corrected chi connectivity index (χ3v) is 7.05. The van der Waals surface area contributed by atoms with Crippen molar-refractivity contribution in [3.05, 3.63) is 41.6 Å². The number of pyridine rings is 1. The molecule has 3 heterocycles. The minimum absolute atomic E-state index is 0.0284. The highest BCUT2D eigenvalue weighted by Gasteiger charge is 2.36. The van der Waals surface area contributed by atoms with Crippen molar-refractivity contribution >= 4 is 17.5 Å². The average molecular weight is 521 g/mol. The Hall–Kier alpha value is -2.85. The normalized spacial score (nSPS) is 19.6. The average Bonchev–Trinajstić information content (AvgIpc) is 3.32. The predicted molar refractivity (Wildman–Crippen MR) is 137 cm³/mol. The minimum Gasteiger partial charge on any atom is -0.394 e. The molecule has 3 N–H and O–H groups in total. The molecule has 2 amide bonds. The molecule has 2 fully saturated rings. The number of anilines is 2. The fourth-order valence-electron chi connectivity index (χ4n) is 5.01. The zero-order valence-electron chi connectivity index (χ0n) is 21.3. The number of likely N-dealkylation sites (tertiary alicyclic amines) is 1. The number of aliphatic hydroxyl groups is 1. The van der Waals surface area contributed by atoms with Gasteiger partial charge in [0.1, 0.15) is 5.82 Å². The van der Waals surface area contributed by atoms with Crippen LogP contribution >= 0.6 is 0 Å². The molecule has 2 aliphatic heterocycles. The number of rotatable bonds is 7. The number of amides is 2. The third kappa shape index (κ3) is 7.35. The Morgan fingerprint density at radius 3 is 2.68 bits per heavy atom. The van der Waals surface area contributed by atoms with Gasteiger partial charge < -0.3 is 25.4 Å². The van der Waals surface area contributed by atoms with Crippen LogP contribution in [0.4, 0.5) is 29.5 Å². The van der Waals surface area contributed by atoms with Crippen LogP contribution < -0.4 is 10.6 Å². The number of nitrogens with zero attached hydrogens (tertiary/aromatic N) is 2. The lowest BCUT2D eigenvalue weighted by Gasteiger charge is -2.24. The van der Waals surface area contributed by atoms with Gasteiger partial charge in [0.2, 0.25) is 0 Å². The van der Waals surface area contributed by atoms with Crippen molar-refractivity contribution < 1.29 is 27.8 Å². The van der Waals surface area contributed by atoms with Crippen molar-refractivity contribution in [3.63, 3.8) is 0 Å². The van der Waals surface area contributed by atoms with Crippen molar-refractivity contribution in [2.24, 2.45) is 5.92 Å². The van der Waals surface area contributed by atoms with Gasteiger partial charge in [-0.15, -0.1) is 0 Å². The number of urea groups is 1. The van der Waals surface area contributed by atoms with E-state index in [2.05, 4.69) is 16.7 Å². The number of benzene rings is 1. The number of hydrogen-bond acceptors (Lipinski definition) is 5. The maximum absolute atomic E-state index is 12.8. The molecule has 1 aromatic heterocycles. The van der Waals surface area contributed by atoms with Crippen molar-refractivity contribution in [1.29, 1.82) is 0 Å². The molecule has 10 heteroatoms. The predicted octanol–water partition coefficient (Wildman–Crippen LogP) is 5.55. The van der Waals surface area contributed by atoms with Gasteiger partial charge in [-0.05, 0) is 80.0 Å². The van der Waals surface area contributed by atoms with Gasteiger partial charge >= 0.3 is 12.2 Å². The summed E-state index contributed by atoms with van der Waals surface area (Å²) in [5.74, 6) is 0.371. The Morgan fingerprint density at radius 1 is 1.22 bits per heavy atom. The number of alkyl halides is 3. The number of hydrogen-bond donors (Lipinski definition) is 3. The highest BCUT2D eigenvalue weighted by atomic mass is 19.4. The summed E-state index contributed by atoms with van der Waals surface area (Å²) in [7, 11) is 0. The maximum Gasteiger partial charge on any atom is 0.389 e. The number of carbonyl (C=O) groups is 1. The molecule has 4 rings (SSSR count). The first-order valence-corrected chi connectivity index (χ1v) is 12.8. The molecule has 202 valence electrons. The summed E-state index contributed by atoms with van der Waals surface area (Å²) >= 11 is 0. The smallest absolute Gasteiger partial charge is 0.389 e. The molecule has 2 atom stereocenters. The number of nitrogens with one attached hydrogen (secondary N) is 2. The first-order valence-electron chi connectivity index (χ1n) is 12.8. The van der Waals surface area contributed by atoms with Gasteiger partial charge in [-0.1, -0.05) is 6.07 Å². The van der Waals surface area contributed by atoms with Gasteiger partial charge in [0.25, 0.3) is 0 Å². The Bertz CT molecular complexity index is 1090. The van der Waals surface area contributed by atoms with E-state index in [1.807, 2.05) is 32.0 Å². The van der Waals surface area contributed by atoms with E-state index in [9.17, 15) is 23.1 Å². The first kappa shape index (κ1) is 27.2. The number of halogens is 3. The highest BCUT2D eigenvalue weighted by molar-refractivity contribution is 5.90. The molecule has 0 saturated carbocycles. The molecular formula is C27H35F3N4O3. The number of aryl methyl sites for hydroxylation is 1. The minimum atomic E-state index is -4.22. The molecule has 0 aliphatic carbocycles. The summed E-state index contributed by atoms with van der Waals surface area (Å²) < 4.78 is 43.8. The summed E-state index contributed by atoms with van der Waals surface area (Å²) in [6.45, 7) is 5.62. The molecule has 2 aromatic rings. The lowest BCUT2D eigenvalue weighted by Crippen LogP contribution is -2.33. The van der Waals surface area contributed by atoms with Crippen LogP contribution in [0.3, 0.4) is 0 Å². The largest absolute Gasteiger partial charge is 0.394 e. The van der Waals surface area contributed by atoms with Gasteiger partial charge in [0.05, 0.1) is 6.61 Å². The number of carbonyl (C=O) groups excluding carboxylic acids is 1. The van der Waals surface area contributed by atoms with Crippen molar-refractivity contribution in [2.75, 3.05) is 43.5 Å². The number of aromatic nitrogens is 1. The number of ether oxygens (including phenoxy) is 1. The quantitative estimate of drug-likeness (QED) is 0.446. The van der Waals surface area contributed by atoms with Crippen LogP contribution in [0.15, 0.2) is 30.3 Å². The van der Waals surface area contributed by atoms with Crippen molar-refractivity contribution in [2.45, 2.75) is 57.7 Å². The lowest BCUT2D eigenvalue weighted by atomic mass is 9.92. The van der Waals surface area contributed by atoms with Crippen LogP contribution in [-0.2, 0) is 4.74 Å². The topological polar surface area (TPSA) is 86.7 Å². The van der Waals surface area contributed by atoms with E-state index in [1.165, 1.54) is 4.90 Å². The number of aliphatic hydroxyl groups excluding tert-OH is 1. The van der Waals surface area contributed by atoms with E-state index in [0.29, 0.717) is 37.7 Å². The second-order valence-corrected chi connectivity index (χ2v) is 10.2. The summed E-state index contributed by atoms with van der Waals surface area (Å²) in [5.41, 5.74) is 4.39. The van der Waals surface area contributed by atoms with Crippen molar-refractivity contribution in [3.8, 4) is 11.1 Å². The van der Waals surface area contributed by atoms with Crippen LogP contribution in [0.5, 0.6) is 0 Å². The molecule has 2 saturated heterocycles. The summed E-state index contributed by atoms with van der Waals surface area (Å²) in [6, 6.07) is 9.05. The molecule has 0 bridgehead atoms. The molecule has 1 aromatic carbocycles. The zero-order valence-corrected chi connectivity index (χ0v) is 21.3. The van der Waals surface area contributed by atoms with Gasteiger partial charge in [-0.3, -0.25) is 0 Å². The monoisotopic (exact) mass is 520 g/mol. The molecule has 7 nitrogen and oxygen atoms in total. The fourth-order valence-corrected chi connectivity index (χ4v) is 5.01. The van der Waals surface area contributed by atoms with Gasteiger partial charge in [-0.25, -0.2) is 9.78 Å². The summed E-state index contributed by atoms with van der Waals surface area (Å²) in [4.78, 5) is 19.1. The Kier molecular flexibility index (Phi) is 8.59. The fraction of sp³-hybridized carbons (Fsp3) is 0.556. The van der Waals surface area contributed by atoms with Crippen LogP contribution in [0.1, 0.15) is 49.8 Å². The summed E-state index contributed by atoms with van der Waals surface area (Å²) in [5, 5.41) is 15.6. The van der Waals surface area contributed by atoms with Crippen LogP contribution in [-0.4, -0.2) is 66.1 Å². The maximum atomic E-state index is 12.8. The van der Waals surface area contributed by atoms with Gasteiger partial charge in [-0.2, -0.15) is 13.2 Å². The zero-order chi connectivity index (χ0) is 26.6. The molecular weight excluding hydrogens is 485 g/mol. The van der Waals surface area contributed by atoms with E-state index >= 15 is 0 Å². The summed E-state index contributed by atoms with van der Waals surface area (Å²) in [6.07, 6.45) is -2.98. The SMILES string of the molecule is Cc1ccc(NC(=O)N2CC[C@@H](CC(F)(F)F)C2)cc1-c1cc(N[C@H](C)CO)nc(C2CCOCC2)c1. The van der Waals surface area contributed by atoms with E-state index in [0.717, 1.165) is 35.2 Å².